The van der Waals surface area contributed by atoms with Crippen molar-refractivity contribution >= 4 is 42.9 Å². The highest BCUT2D eigenvalue weighted by atomic mass is 32.2. The molecule has 0 saturated carbocycles. The van der Waals surface area contributed by atoms with E-state index in [1.54, 1.807) is 6.20 Å². The monoisotopic (exact) mass is 494 g/mol. The van der Waals surface area contributed by atoms with Gasteiger partial charge in [0.2, 0.25) is 10.3 Å². The van der Waals surface area contributed by atoms with Gasteiger partial charge in [-0.1, -0.05) is 0 Å². The summed E-state index contributed by atoms with van der Waals surface area (Å²) >= 11 is 0. The van der Waals surface area contributed by atoms with Crippen LogP contribution < -0.4 is 4.90 Å². The Bertz CT molecular complexity index is 1330. The molecule has 1 unspecified atom stereocenters. The van der Waals surface area contributed by atoms with Gasteiger partial charge in [0.25, 0.3) is 0 Å². The number of nitrogens with zero attached hydrogens (tertiary/aromatic N) is 5. The van der Waals surface area contributed by atoms with Gasteiger partial charge in [0.05, 0.1) is 11.7 Å². The van der Waals surface area contributed by atoms with E-state index in [4.69, 9.17) is 0 Å². The summed E-state index contributed by atoms with van der Waals surface area (Å²) < 4.78 is 24.9. The van der Waals surface area contributed by atoms with Crippen molar-refractivity contribution in [2.24, 2.45) is 11.8 Å². The van der Waals surface area contributed by atoms with Gasteiger partial charge in [0.1, 0.15) is 4.99 Å². The lowest BCUT2D eigenvalue weighted by molar-refractivity contribution is 0.190. The molecule has 3 aromatic heterocycles. The van der Waals surface area contributed by atoms with Gasteiger partial charge in [-0.25, -0.2) is 9.97 Å². The first-order chi connectivity index (χ1) is 17.2. The Morgan fingerprint density at radius 2 is 1.83 bits per heavy atom. The summed E-state index contributed by atoms with van der Waals surface area (Å²) in [5, 5.41) is 2.20. The van der Waals surface area contributed by atoms with Gasteiger partial charge in [0, 0.05) is 67.5 Å². The van der Waals surface area contributed by atoms with E-state index < -0.39 is 10.3 Å². The second-order valence-electron chi connectivity index (χ2n) is 10.4. The van der Waals surface area contributed by atoms with Crippen LogP contribution in [0.25, 0.3) is 21.9 Å². The average molecular weight is 495 g/mol. The summed E-state index contributed by atoms with van der Waals surface area (Å²) in [6.07, 6.45) is 12.2. The molecule has 0 spiro atoms. The predicted octanol–water partition coefficient (Wildman–Crippen LogP) is 3.14. The first-order valence-electron chi connectivity index (χ1n) is 13.1. The molecular weight excluding hydrogens is 460 g/mol. The van der Waals surface area contributed by atoms with Gasteiger partial charge < -0.3 is 14.8 Å². The molecule has 6 heterocycles. The third-order valence-corrected chi connectivity index (χ3v) is 9.10. The minimum absolute atomic E-state index is 0.0962. The van der Waals surface area contributed by atoms with Crippen LogP contribution in [0.4, 0.5) is 5.69 Å². The maximum atomic E-state index is 12.5. The van der Waals surface area contributed by atoms with Gasteiger partial charge in [0.15, 0.2) is 5.65 Å². The van der Waals surface area contributed by atoms with Crippen LogP contribution in [-0.4, -0.2) is 84.0 Å². The highest BCUT2D eigenvalue weighted by Crippen LogP contribution is 2.34. The molecule has 3 aromatic rings. The normalized spacial score (nSPS) is 22.9. The van der Waals surface area contributed by atoms with E-state index >= 15 is 0 Å². The standard InChI is InChI=1S/C26H34N6O2S/c33-35(34)26(32-13-3-4-19(18-32)17-30-11-1-2-12-30)20-7-14-31(15-8-20)23-6-10-27-22-16-29-25-21(24(22)23)5-9-28-25/h5-6,9-10,16,19-20,27H,1-4,7-8,11-15,17-18H2. The van der Waals surface area contributed by atoms with Crippen LogP contribution in [0, 0.1) is 11.8 Å². The molecule has 0 aliphatic carbocycles. The molecule has 0 bridgehead atoms. The average Bonchev–Trinajstić information content (AvgIpc) is 3.56. The van der Waals surface area contributed by atoms with Crippen molar-refractivity contribution in [3.63, 3.8) is 0 Å². The second-order valence-corrected chi connectivity index (χ2v) is 11.3. The molecule has 0 amide bonds. The first kappa shape index (κ1) is 22.9. The number of aromatic amines is 1. The van der Waals surface area contributed by atoms with E-state index in [2.05, 4.69) is 35.7 Å². The van der Waals surface area contributed by atoms with E-state index in [1.807, 2.05) is 18.5 Å². The Balaban J connectivity index is 1.18. The Hall–Kier alpha value is -2.49. The summed E-state index contributed by atoms with van der Waals surface area (Å²) in [6.45, 7) is 6.96. The molecular formula is C26H34N6O2S. The molecule has 8 nitrogen and oxygen atoms in total. The molecule has 1 atom stereocenters. The molecule has 1 N–H and O–H groups in total. The number of piperidine rings is 2. The lowest BCUT2D eigenvalue weighted by Gasteiger charge is -2.39. The molecule has 186 valence electrons. The van der Waals surface area contributed by atoms with Crippen LogP contribution in [0.2, 0.25) is 0 Å². The van der Waals surface area contributed by atoms with Gasteiger partial charge in [-0.3, -0.25) is 4.90 Å². The summed E-state index contributed by atoms with van der Waals surface area (Å²) in [5.74, 6) is 0.667. The molecule has 35 heavy (non-hydrogen) atoms. The Labute approximate surface area is 207 Å². The van der Waals surface area contributed by atoms with Crippen LogP contribution >= 0.6 is 0 Å². The lowest BCUT2D eigenvalue weighted by Crippen LogP contribution is -2.48. The fourth-order valence-electron chi connectivity index (χ4n) is 6.51. The summed E-state index contributed by atoms with van der Waals surface area (Å²) in [4.78, 5) is 20.0. The quantitative estimate of drug-likeness (QED) is 0.558. The number of aromatic nitrogens is 3. The van der Waals surface area contributed by atoms with Crippen molar-refractivity contribution in [3.8, 4) is 0 Å². The first-order valence-corrected chi connectivity index (χ1v) is 14.1. The van der Waals surface area contributed by atoms with Gasteiger partial charge in [-0.15, -0.1) is 0 Å². The van der Waals surface area contributed by atoms with Crippen LogP contribution in [0.15, 0.2) is 30.7 Å². The molecule has 3 fully saturated rings. The van der Waals surface area contributed by atoms with Crippen molar-refractivity contribution in [3.05, 3.63) is 30.7 Å². The number of hydrogen-bond acceptors (Lipinski definition) is 6. The minimum Gasteiger partial charge on any atom is -0.371 e. The SMILES string of the molecule is O=S(=O)=C(C1CCN(c2cc[nH]c3cnc4nccc4c23)CC1)N1CCCC(CN2CCCC2)C1. The maximum absolute atomic E-state index is 12.5. The number of rotatable bonds is 4. The molecule has 9 heteroatoms. The van der Waals surface area contributed by atoms with E-state index in [9.17, 15) is 8.42 Å². The molecule has 6 rings (SSSR count). The molecule has 0 radical (unpaired) electrons. The lowest BCUT2D eigenvalue weighted by atomic mass is 9.92. The van der Waals surface area contributed by atoms with Crippen molar-refractivity contribution in [2.75, 3.05) is 50.7 Å². The molecule has 3 aliphatic heterocycles. The number of anilines is 1. The third kappa shape index (κ3) is 4.57. The highest BCUT2D eigenvalue weighted by Gasteiger charge is 2.32. The zero-order valence-corrected chi connectivity index (χ0v) is 21.0. The summed E-state index contributed by atoms with van der Waals surface area (Å²) in [7, 11) is -2.17. The number of fused-ring (bicyclic) bond motifs is 3. The fraction of sp³-hybridized carbons (Fsp3) is 0.577. The van der Waals surface area contributed by atoms with E-state index in [0.29, 0.717) is 10.9 Å². The third-order valence-electron chi connectivity index (χ3n) is 8.17. The fourth-order valence-corrected chi connectivity index (χ4v) is 7.40. The number of pyridine rings is 2. The Kier molecular flexibility index (Phi) is 6.47. The van der Waals surface area contributed by atoms with Gasteiger partial charge in [-0.2, -0.15) is 8.42 Å². The van der Waals surface area contributed by atoms with Crippen LogP contribution in [0.3, 0.4) is 0 Å². The minimum atomic E-state index is -2.17. The Morgan fingerprint density at radius 3 is 2.63 bits per heavy atom. The number of likely N-dealkylation sites (tertiary alicyclic amines) is 2. The van der Waals surface area contributed by atoms with E-state index in [-0.39, 0.29) is 5.92 Å². The largest absolute Gasteiger partial charge is 0.371 e. The smallest absolute Gasteiger partial charge is 0.228 e. The Morgan fingerprint density at radius 1 is 1.00 bits per heavy atom. The van der Waals surface area contributed by atoms with Crippen LogP contribution in [0.5, 0.6) is 0 Å². The van der Waals surface area contributed by atoms with E-state index in [0.717, 1.165) is 73.9 Å². The van der Waals surface area contributed by atoms with Gasteiger partial charge >= 0.3 is 0 Å². The highest BCUT2D eigenvalue weighted by molar-refractivity contribution is 7.72. The van der Waals surface area contributed by atoms with E-state index in [1.165, 1.54) is 38.0 Å². The number of nitrogens with one attached hydrogen (secondary N) is 1. The van der Waals surface area contributed by atoms with Crippen molar-refractivity contribution in [1.82, 2.24) is 24.8 Å². The predicted molar refractivity (Wildman–Crippen MR) is 140 cm³/mol. The summed E-state index contributed by atoms with van der Waals surface area (Å²) in [6, 6.07) is 4.15. The zero-order valence-electron chi connectivity index (χ0n) is 20.2. The van der Waals surface area contributed by atoms with Crippen LogP contribution in [0.1, 0.15) is 38.5 Å². The van der Waals surface area contributed by atoms with Crippen molar-refractivity contribution < 1.29 is 8.42 Å². The van der Waals surface area contributed by atoms with Gasteiger partial charge in [-0.05, 0) is 69.7 Å². The molecule has 3 aliphatic rings. The van der Waals surface area contributed by atoms with Crippen molar-refractivity contribution in [2.45, 2.75) is 38.5 Å². The molecule has 3 saturated heterocycles. The van der Waals surface area contributed by atoms with Crippen LogP contribution in [-0.2, 0) is 10.3 Å². The maximum Gasteiger partial charge on any atom is 0.228 e. The van der Waals surface area contributed by atoms with Crippen molar-refractivity contribution in [1.29, 1.82) is 0 Å². The number of hydrogen-bond donors (Lipinski definition) is 1. The zero-order chi connectivity index (χ0) is 23.8. The second kappa shape index (κ2) is 9.87. The topological polar surface area (TPSA) is 85.4 Å². The summed E-state index contributed by atoms with van der Waals surface area (Å²) in [5.41, 5.74) is 2.93. The number of H-pyrrole nitrogens is 1. The molecule has 0 aromatic carbocycles.